The van der Waals surface area contributed by atoms with Crippen molar-refractivity contribution < 1.29 is 9.47 Å². The molecule has 0 bridgehead atoms. The molecule has 0 heterocycles. The normalized spacial score (nSPS) is 24.8. The van der Waals surface area contributed by atoms with Crippen LogP contribution < -0.4 is 0 Å². The summed E-state index contributed by atoms with van der Waals surface area (Å²) in [6.45, 7) is 121. The zero-order valence-electron chi connectivity index (χ0n) is 101. The lowest BCUT2D eigenvalue weighted by atomic mass is 9.59. The van der Waals surface area contributed by atoms with Gasteiger partial charge in [-0.05, 0) is 339 Å². The fourth-order valence-electron chi connectivity index (χ4n) is 24.5. The van der Waals surface area contributed by atoms with Gasteiger partial charge in [0, 0.05) is 13.2 Å². The van der Waals surface area contributed by atoms with E-state index in [-0.39, 0.29) is 7.43 Å². The maximum atomic E-state index is 5.52. The summed E-state index contributed by atoms with van der Waals surface area (Å²) in [6, 6.07) is 18.2. The second-order valence-electron chi connectivity index (χ2n) is 65.0. The fraction of sp³-hybridized carbons (Fsp3) is 0.909. The molecule has 0 saturated heterocycles. The third kappa shape index (κ3) is 67.1. The number of hydrogen-bond acceptors (Lipinski definition) is 2. The SMILES string of the molecule is C.CC(C)(C)C1CCC(CC2CCC(C(C)(C)C)CC2)CC1.CC(C)(C)C1CCCCC1C(C)(C)C.CC(C)(C)CC1CCCC(CC(C)(C)C)C1.CC(C)(C)CCCC(C)(C)C.CC(C)(C)CCOCCOCCC(C)(C)C.CC(C)(C)Cc1ccc(CC(C)(C)C)cc1.CC(C)(C)Cc1cccc(CC(C)(C)C)c1.CC1CC(CC2CCC(C(C)(C)C)C(C)C2)CCC1C(C)(C)C. The van der Waals surface area contributed by atoms with Crippen molar-refractivity contribution in [3.05, 3.63) is 70.8 Å². The minimum absolute atomic E-state index is 0. The van der Waals surface area contributed by atoms with Gasteiger partial charge in [0.1, 0.15) is 0 Å². The van der Waals surface area contributed by atoms with Crippen LogP contribution in [-0.2, 0) is 35.2 Å². The van der Waals surface area contributed by atoms with E-state index in [1.807, 2.05) is 0 Å². The monoisotopic (exact) mass is 1870 g/mol. The van der Waals surface area contributed by atoms with Crippen molar-refractivity contribution in [1.29, 1.82) is 0 Å². The highest BCUT2D eigenvalue weighted by atomic mass is 16.5. The molecule has 0 aliphatic heterocycles. The lowest BCUT2D eigenvalue weighted by Crippen LogP contribution is -2.38. The van der Waals surface area contributed by atoms with Gasteiger partial charge in [0.2, 0.25) is 0 Å². The van der Waals surface area contributed by atoms with E-state index in [1.54, 1.807) is 6.42 Å². The Balaban J connectivity index is 0.00000152. The van der Waals surface area contributed by atoms with Crippen molar-refractivity contribution in [2.45, 2.75) is 578 Å². The van der Waals surface area contributed by atoms with Gasteiger partial charge in [-0.3, -0.25) is 0 Å². The van der Waals surface area contributed by atoms with Gasteiger partial charge < -0.3 is 9.47 Å². The van der Waals surface area contributed by atoms with Crippen LogP contribution in [0.4, 0.5) is 0 Å². The summed E-state index contributed by atoms with van der Waals surface area (Å²) in [5.41, 5.74) is 13.2. The van der Waals surface area contributed by atoms with Crippen molar-refractivity contribution in [3.8, 4) is 0 Å². The zero-order valence-corrected chi connectivity index (χ0v) is 101. The van der Waals surface area contributed by atoms with Crippen molar-refractivity contribution in [2.75, 3.05) is 26.4 Å². The molecular formula is C132H254O2. The van der Waals surface area contributed by atoms with Gasteiger partial charge in [-0.15, -0.1) is 0 Å². The Morgan fingerprint density at radius 2 is 0.500 bits per heavy atom. The first-order valence-corrected chi connectivity index (χ1v) is 57.1. The van der Waals surface area contributed by atoms with E-state index >= 15 is 0 Å². The topological polar surface area (TPSA) is 18.5 Å². The molecule has 2 aromatic rings. The molecule has 2 nitrogen and oxygen atoms in total. The summed E-state index contributed by atoms with van der Waals surface area (Å²) in [5, 5.41) is 0. The van der Waals surface area contributed by atoms with Crippen LogP contribution in [0, 0.1) is 169 Å². The summed E-state index contributed by atoms with van der Waals surface area (Å²) in [5.74, 6) is 13.7. The molecular weight excluding hydrogens is 1620 g/mol. The number of hydrogen-bond donors (Lipinski definition) is 0. The molecule has 10 atom stereocenters. The molecule has 0 amide bonds. The maximum Gasteiger partial charge on any atom is 0.0700 e. The molecule has 6 fully saturated rings. The molecule has 10 unspecified atom stereocenters. The van der Waals surface area contributed by atoms with E-state index < -0.39 is 0 Å². The van der Waals surface area contributed by atoms with Crippen LogP contribution in [0.3, 0.4) is 0 Å². The average molecular weight is 1870 g/mol. The predicted molar refractivity (Wildman–Crippen MR) is 611 cm³/mol. The summed E-state index contributed by atoms with van der Waals surface area (Å²) in [6.07, 6.45) is 49.5. The molecule has 794 valence electrons. The molecule has 6 aliphatic carbocycles. The average Bonchev–Trinajstić information content (AvgIpc) is 0.804. The van der Waals surface area contributed by atoms with E-state index in [1.165, 1.54) is 202 Å². The van der Waals surface area contributed by atoms with Crippen LogP contribution in [0.5, 0.6) is 0 Å². The Kier molecular flexibility index (Phi) is 56.6. The standard InChI is InChI=1S/C23H44.C21H40.C16H26.C16H32.C16H26.C14H30O2.C14H28.C11H24.CH4/c1-16-13-18(9-11-20(16)22(3,4)5)15-19-10-12-21(17(2)14-19)23(6,7)8;1-20(2,3)18-11-7-16(8-12-18)15-17-9-13-19(14-10-17)21(4,5)6;1-15(2,3)11-13-7-9-14(10-8-13)12-16(4,5)6;2*1-15(2,3)11-13-8-7-9-14(10-13)12-16(4,5)6;1-13(2,3)7-9-15-11-12-16-10-8-14(4,5)6;1-13(2,3)11-9-7-8-10-12(11)14(4,5)6;1-10(2,3)8-7-9-11(4,5)6;/h16-21H,9-15H2,1-8H3;16-19H,7-15H2,1-6H3;7-10H,11-12H2,1-6H3;13-14H,7-12H2,1-6H3;7-10H,11-12H2,1-6H3;7-12H2,1-6H3;11-12H,7-10H2,1-6H3;7-9H2,1-6H3;1H4. The van der Waals surface area contributed by atoms with Gasteiger partial charge in [0.05, 0.1) is 13.2 Å². The van der Waals surface area contributed by atoms with Crippen molar-refractivity contribution in [2.24, 2.45) is 169 Å². The molecule has 6 aliphatic rings. The molecule has 0 aromatic heterocycles. The first-order chi connectivity index (χ1) is 59.8. The Hall–Kier alpha value is -1.64. The van der Waals surface area contributed by atoms with Gasteiger partial charge in [-0.2, -0.15) is 0 Å². The quantitative estimate of drug-likeness (QED) is 0.131. The molecule has 6 saturated carbocycles. The first kappa shape index (κ1) is 132. The van der Waals surface area contributed by atoms with E-state index in [0.717, 1.165) is 148 Å². The van der Waals surface area contributed by atoms with Gasteiger partial charge in [0.25, 0.3) is 0 Å². The maximum absolute atomic E-state index is 5.52. The number of benzene rings is 2. The Morgan fingerprint density at radius 1 is 0.231 bits per heavy atom. The molecule has 0 radical (unpaired) electrons. The zero-order chi connectivity index (χ0) is 103. The van der Waals surface area contributed by atoms with Crippen LogP contribution >= 0.6 is 0 Å². The van der Waals surface area contributed by atoms with Gasteiger partial charge in [-0.1, -0.05) is 479 Å². The van der Waals surface area contributed by atoms with Gasteiger partial charge >= 0.3 is 0 Å². The summed E-state index contributed by atoms with van der Waals surface area (Å²) in [7, 11) is 0. The highest BCUT2D eigenvalue weighted by molar-refractivity contribution is 5.26. The van der Waals surface area contributed by atoms with Crippen LogP contribution in [0.15, 0.2) is 48.5 Å². The van der Waals surface area contributed by atoms with E-state index in [2.05, 4.69) is 395 Å². The molecule has 0 N–H and O–H groups in total. The molecule has 2 heteroatoms. The van der Waals surface area contributed by atoms with Crippen LogP contribution in [-0.4, -0.2) is 26.4 Å². The second-order valence-corrected chi connectivity index (χ2v) is 65.0. The third-order valence-electron chi connectivity index (χ3n) is 31.1. The molecule has 134 heavy (non-hydrogen) atoms. The Morgan fingerprint density at radius 3 is 0.746 bits per heavy atom. The largest absolute Gasteiger partial charge is 0.379 e. The smallest absolute Gasteiger partial charge is 0.0700 e. The summed E-state index contributed by atoms with van der Waals surface area (Å²) < 4.78 is 11.0. The Labute approximate surface area is 849 Å². The lowest BCUT2D eigenvalue weighted by molar-refractivity contribution is 0.0312. The number of rotatable bonds is 19. The highest BCUT2D eigenvalue weighted by Gasteiger charge is 2.42. The van der Waals surface area contributed by atoms with Crippen molar-refractivity contribution >= 4 is 0 Å². The minimum atomic E-state index is 0. The van der Waals surface area contributed by atoms with Crippen molar-refractivity contribution in [1.82, 2.24) is 0 Å². The second kappa shape index (κ2) is 57.3. The van der Waals surface area contributed by atoms with Gasteiger partial charge in [-0.25, -0.2) is 0 Å². The fourth-order valence-corrected chi connectivity index (χ4v) is 24.5. The third-order valence-corrected chi connectivity index (χ3v) is 31.1. The van der Waals surface area contributed by atoms with Crippen molar-refractivity contribution in [3.63, 3.8) is 0 Å². The minimum Gasteiger partial charge on any atom is -0.379 e. The van der Waals surface area contributed by atoms with E-state index in [9.17, 15) is 0 Å². The van der Waals surface area contributed by atoms with Crippen LogP contribution in [0.1, 0.15) is 575 Å². The van der Waals surface area contributed by atoms with E-state index in [0.29, 0.717) is 86.6 Å². The summed E-state index contributed by atoms with van der Waals surface area (Å²) >= 11 is 0. The van der Waals surface area contributed by atoms with Crippen LogP contribution in [0.25, 0.3) is 0 Å². The predicted octanol–water partition coefficient (Wildman–Crippen LogP) is 43.7. The molecule has 0 spiro atoms. The summed E-state index contributed by atoms with van der Waals surface area (Å²) in [4.78, 5) is 0. The Bertz CT molecular complexity index is 3060. The van der Waals surface area contributed by atoms with Gasteiger partial charge in [0.15, 0.2) is 0 Å². The molecule has 2 aromatic carbocycles. The van der Waals surface area contributed by atoms with E-state index in [4.69, 9.17) is 9.47 Å². The molecule has 8 rings (SSSR count). The van der Waals surface area contributed by atoms with Crippen LogP contribution in [0.2, 0.25) is 0 Å². The highest BCUT2D eigenvalue weighted by Crippen LogP contribution is 2.53. The lowest BCUT2D eigenvalue weighted by Gasteiger charge is -2.46. The first-order valence-electron chi connectivity index (χ1n) is 57.1. The number of ether oxygens (including phenoxy) is 2.